The van der Waals surface area contributed by atoms with Crippen LogP contribution in [0.25, 0.3) is 0 Å². The summed E-state index contributed by atoms with van der Waals surface area (Å²) in [6.07, 6.45) is 1.90. The molecule has 0 atom stereocenters. The lowest BCUT2D eigenvalue weighted by atomic mass is 10.1. The average molecular weight is 296 g/mol. The first kappa shape index (κ1) is 15.9. The molecule has 1 aliphatic rings. The summed E-state index contributed by atoms with van der Waals surface area (Å²) in [5.41, 5.74) is 0.600. The molecule has 1 fully saturated rings. The Morgan fingerprint density at radius 3 is 2.62 bits per heavy atom. The molecular formula is C15H21FN2O3. The van der Waals surface area contributed by atoms with E-state index < -0.39 is 0 Å². The third kappa shape index (κ3) is 5.41. The summed E-state index contributed by atoms with van der Waals surface area (Å²) in [6.45, 7) is 2.33. The fraction of sp³-hybridized carbons (Fsp3) is 0.533. The first-order valence-corrected chi connectivity index (χ1v) is 7.17. The lowest BCUT2D eigenvalue weighted by Gasteiger charge is -2.31. The molecule has 1 saturated heterocycles. The van der Waals surface area contributed by atoms with Gasteiger partial charge in [-0.15, -0.1) is 0 Å². The van der Waals surface area contributed by atoms with Crippen LogP contribution in [0.1, 0.15) is 12.8 Å². The first-order chi connectivity index (χ1) is 10.2. The Morgan fingerprint density at radius 2 is 2.00 bits per heavy atom. The van der Waals surface area contributed by atoms with Crippen molar-refractivity contribution in [3.8, 4) is 0 Å². The van der Waals surface area contributed by atoms with Gasteiger partial charge in [0.15, 0.2) is 0 Å². The zero-order valence-electron chi connectivity index (χ0n) is 11.9. The van der Waals surface area contributed by atoms with Crippen LogP contribution in [0.5, 0.6) is 0 Å². The molecular weight excluding hydrogens is 275 g/mol. The molecule has 5 nitrogen and oxygen atoms in total. The number of hydrogen-bond donors (Lipinski definition) is 2. The number of benzene rings is 1. The standard InChI is InChI=1S/C15H21FN2O3/c16-12-1-3-13(4-2-12)17-15(20)11-18-7-5-14(6-8-18)21-10-9-19/h1-4,14,19H,5-11H2,(H,17,20). The molecule has 2 N–H and O–H groups in total. The second-order valence-corrected chi connectivity index (χ2v) is 5.12. The van der Waals surface area contributed by atoms with Gasteiger partial charge < -0.3 is 15.2 Å². The molecule has 1 aromatic rings. The monoisotopic (exact) mass is 296 g/mol. The zero-order chi connectivity index (χ0) is 15.1. The largest absolute Gasteiger partial charge is 0.394 e. The molecule has 1 aromatic carbocycles. The van der Waals surface area contributed by atoms with Crippen molar-refractivity contribution in [3.05, 3.63) is 30.1 Å². The van der Waals surface area contributed by atoms with Crippen LogP contribution < -0.4 is 5.32 Å². The van der Waals surface area contributed by atoms with Crippen molar-refractivity contribution in [1.29, 1.82) is 0 Å². The van der Waals surface area contributed by atoms with E-state index in [-0.39, 0.29) is 24.4 Å². The van der Waals surface area contributed by atoms with E-state index in [9.17, 15) is 9.18 Å². The van der Waals surface area contributed by atoms with Gasteiger partial charge in [-0.2, -0.15) is 0 Å². The fourth-order valence-corrected chi connectivity index (χ4v) is 2.39. The maximum absolute atomic E-state index is 12.8. The van der Waals surface area contributed by atoms with Crippen LogP contribution in [-0.2, 0) is 9.53 Å². The number of piperidine rings is 1. The molecule has 0 bridgehead atoms. The molecule has 1 aliphatic heterocycles. The number of halogens is 1. The van der Waals surface area contributed by atoms with E-state index >= 15 is 0 Å². The number of carbonyl (C=O) groups excluding carboxylic acids is 1. The molecule has 0 spiro atoms. The van der Waals surface area contributed by atoms with E-state index in [2.05, 4.69) is 10.2 Å². The van der Waals surface area contributed by atoms with Gasteiger partial charge in [-0.25, -0.2) is 4.39 Å². The predicted octanol–water partition coefficient (Wildman–Crippen LogP) is 1.24. The second kappa shape index (κ2) is 8.07. The molecule has 0 aromatic heterocycles. The summed E-state index contributed by atoms with van der Waals surface area (Å²) in [5.74, 6) is -0.422. The number of rotatable bonds is 6. The van der Waals surface area contributed by atoms with Gasteiger partial charge in [-0.3, -0.25) is 9.69 Å². The maximum atomic E-state index is 12.8. The van der Waals surface area contributed by atoms with Crippen LogP contribution in [0.2, 0.25) is 0 Å². The lowest BCUT2D eigenvalue weighted by Crippen LogP contribution is -2.41. The highest BCUT2D eigenvalue weighted by molar-refractivity contribution is 5.92. The fourth-order valence-electron chi connectivity index (χ4n) is 2.39. The number of hydrogen-bond acceptors (Lipinski definition) is 4. The summed E-state index contributed by atoms with van der Waals surface area (Å²) in [7, 11) is 0. The highest BCUT2D eigenvalue weighted by atomic mass is 19.1. The van der Waals surface area contributed by atoms with Crippen molar-refractivity contribution in [2.24, 2.45) is 0 Å². The van der Waals surface area contributed by atoms with E-state index in [4.69, 9.17) is 9.84 Å². The molecule has 0 aliphatic carbocycles. The van der Waals surface area contributed by atoms with Gasteiger partial charge in [0.1, 0.15) is 5.82 Å². The molecule has 0 saturated carbocycles. The molecule has 6 heteroatoms. The summed E-state index contributed by atoms with van der Waals surface area (Å²) >= 11 is 0. The van der Waals surface area contributed by atoms with Gasteiger partial charge in [-0.05, 0) is 37.1 Å². The van der Waals surface area contributed by atoms with Gasteiger partial charge in [0.05, 0.1) is 25.9 Å². The van der Waals surface area contributed by atoms with Crippen molar-refractivity contribution in [1.82, 2.24) is 4.90 Å². The van der Waals surface area contributed by atoms with Crippen molar-refractivity contribution >= 4 is 11.6 Å². The third-order valence-corrected chi connectivity index (χ3v) is 3.47. The van der Waals surface area contributed by atoms with Gasteiger partial charge >= 0.3 is 0 Å². The smallest absolute Gasteiger partial charge is 0.238 e. The van der Waals surface area contributed by atoms with Crippen LogP contribution in [0.4, 0.5) is 10.1 Å². The minimum Gasteiger partial charge on any atom is -0.394 e. The van der Waals surface area contributed by atoms with Crippen molar-refractivity contribution < 1.29 is 19.0 Å². The van der Waals surface area contributed by atoms with E-state index in [1.807, 2.05) is 0 Å². The Labute approximate surface area is 123 Å². The van der Waals surface area contributed by atoms with Gasteiger partial charge in [0, 0.05) is 18.8 Å². The molecule has 2 rings (SSSR count). The number of ether oxygens (including phenoxy) is 1. The highest BCUT2D eigenvalue weighted by Gasteiger charge is 2.21. The molecule has 116 valence electrons. The molecule has 0 radical (unpaired) electrons. The maximum Gasteiger partial charge on any atom is 0.238 e. The van der Waals surface area contributed by atoms with Crippen LogP contribution in [-0.4, -0.2) is 54.9 Å². The first-order valence-electron chi connectivity index (χ1n) is 7.17. The zero-order valence-corrected chi connectivity index (χ0v) is 11.9. The van der Waals surface area contributed by atoms with E-state index in [0.717, 1.165) is 25.9 Å². The van der Waals surface area contributed by atoms with Crippen LogP contribution in [0.3, 0.4) is 0 Å². The minimum absolute atomic E-state index is 0.0420. The number of likely N-dealkylation sites (tertiary alicyclic amines) is 1. The summed E-state index contributed by atoms with van der Waals surface area (Å²) in [4.78, 5) is 14.0. The van der Waals surface area contributed by atoms with E-state index in [1.165, 1.54) is 12.1 Å². The quantitative estimate of drug-likeness (QED) is 0.829. The van der Waals surface area contributed by atoms with Gasteiger partial charge in [0.25, 0.3) is 0 Å². The molecule has 1 amide bonds. The van der Waals surface area contributed by atoms with Crippen LogP contribution in [0, 0.1) is 5.82 Å². The number of anilines is 1. The Morgan fingerprint density at radius 1 is 1.33 bits per heavy atom. The number of aliphatic hydroxyl groups is 1. The second-order valence-electron chi connectivity index (χ2n) is 5.12. The Balaban J connectivity index is 1.70. The highest BCUT2D eigenvalue weighted by Crippen LogP contribution is 2.14. The average Bonchev–Trinajstić information content (AvgIpc) is 2.49. The Bertz CT molecular complexity index is 445. The normalized spacial score (nSPS) is 16.9. The summed E-state index contributed by atoms with van der Waals surface area (Å²) in [5, 5.41) is 11.5. The van der Waals surface area contributed by atoms with E-state index in [0.29, 0.717) is 18.8 Å². The van der Waals surface area contributed by atoms with Crippen molar-refractivity contribution in [2.45, 2.75) is 18.9 Å². The molecule has 21 heavy (non-hydrogen) atoms. The van der Waals surface area contributed by atoms with Crippen LogP contribution >= 0.6 is 0 Å². The number of amides is 1. The number of aliphatic hydroxyl groups excluding tert-OH is 1. The summed E-state index contributed by atoms with van der Waals surface area (Å²) < 4.78 is 18.3. The Hall–Kier alpha value is -1.50. The van der Waals surface area contributed by atoms with Gasteiger partial charge in [0.2, 0.25) is 5.91 Å². The lowest BCUT2D eigenvalue weighted by molar-refractivity contribution is -0.118. The SMILES string of the molecule is O=C(CN1CCC(OCCO)CC1)Nc1ccc(F)cc1. The third-order valence-electron chi connectivity index (χ3n) is 3.47. The Kier molecular flexibility index (Phi) is 6.10. The number of carbonyl (C=O) groups is 1. The number of nitrogens with zero attached hydrogens (tertiary/aromatic N) is 1. The minimum atomic E-state index is -0.321. The number of nitrogens with one attached hydrogen (secondary N) is 1. The predicted molar refractivity (Wildman–Crippen MR) is 77.5 cm³/mol. The molecule has 1 heterocycles. The van der Waals surface area contributed by atoms with Crippen molar-refractivity contribution in [2.75, 3.05) is 38.2 Å². The van der Waals surface area contributed by atoms with Crippen molar-refractivity contribution in [3.63, 3.8) is 0 Å². The van der Waals surface area contributed by atoms with Gasteiger partial charge in [-0.1, -0.05) is 0 Å². The van der Waals surface area contributed by atoms with E-state index in [1.54, 1.807) is 12.1 Å². The topological polar surface area (TPSA) is 61.8 Å². The van der Waals surface area contributed by atoms with Crippen LogP contribution in [0.15, 0.2) is 24.3 Å². The molecule has 0 unspecified atom stereocenters. The summed E-state index contributed by atoms with van der Waals surface area (Å²) in [6, 6.07) is 5.73.